The summed E-state index contributed by atoms with van der Waals surface area (Å²) in [5, 5.41) is 1.08. The first-order chi connectivity index (χ1) is 10.5. The van der Waals surface area contributed by atoms with Crippen LogP contribution in [-0.4, -0.2) is 12.6 Å². The van der Waals surface area contributed by atoms with Crippen molar-refractivity contribution in [2.24, 2.45) is 0 Å². The molecule has 112 valence electrons. The van der Waals surface area contributed by atoms with Gasteiger partial charge in [-0.3, -0.25) is 0 Å². The molecule has 0 spiro atoms. The highest BCUT2D eigenvalue weighted by Gasteiger charge is 2.17. The third-order valence-corrected chi connectivity index (χ3v) is 3.32. The molecule has 0 bridgehead atoms. The second-order valence-corrected chi connectivity index (χ2v) is 4.77. The molecule has 0 saturated carbocycles. The average molecular weight is 300 g/mol. The molecule has 6 heteroatoms. The second kappa shape index (κ2) is 5.14. The minimum atomic E-state index is -0.791. The van der Waals surface area contributed by atoms with Crippen molar-refractivity contribution in [1.82, 2.24) is 0 Å². The molecule has 22 heavy (non-hydrogen) atoms. The van der Waals surface area contributed by atoms with E-state index >= 15 is 0 Å². The van der Waals surface area contributed by atoms with Gasteiger partial charge < -0.3 is 13.6 Å². The summed E-state index contributed by atoms with van der Waals surface area (Å²) in [4.78, 5) is 35.2. The summed E-state index contributed by atoms with van der Waals surface area (Å²) in [6, 6.07) is 6.01. The number of fused-ring (bicyclic) bond motifs is 3. The molecule has 1 aromatic carbocycles. The van der Waals surface area contributed by atoms with Gasteiger partial charge >= 0.3 is 17.2 Å². The quantitative estimate of drug-likeness (QED) is 0.410. The summed E-state index contributed by atoms with van der Waals surface area (Å²) in [5.74, 6) is -0.773. The van der Waals surface area contributed by atoms with Crippen LogP contribution in [-0.2, 0) is 4.74 Å². The van der Waals surface area contributed by atoms with Gasteiger partial charge in [-0.05, 0) is 37.6 Å². The molecule has 0 aliphatic rings. The normalized spacial score (nSPS) is 11.0. The third kappa shape index (κ3) is 2.18. The molecule has 0 unspecified atom stereocenters. The number of rotatable bonds is 2. The van der Waals surface area contributed by atoms with E-state index in [1.165, 1.54) is 12.1 Å². The van der Waals surface area contributed by atoms with Gasteiger partial charge in [0, 0.05) is 11.5 Å². The summed E-state index contributed by atoms with van der Waals surface area (Å²) < 4.78 is 15.2. The fourth-order valence-electron chi connectivity index (χ4n) is 2.32. The van der Waals surface area contributed by atoms with Crippen LogP contribution in [0.15, 0.2) is 42.7 Å². The van der Waals surface area contributed by atoms with E-state index in [1.54, 1.807) is 26.0 Å². The predicted molar refractivity (Wildman–Crippen MR) is 79.2 cm³/mol. The van der Waals surface area contributed by atoms with Gasteiger partial charge in [-0.2, -0.15) is 0 Å². The molecule has 2 heterocycles. The zero-order chi connectivity index (χ0) is 15.9. The standard InChI is InChI=1S/C16H12O6/c1-3-20-15(18)11-7-10-12(21-16(11)19)5-4-9-8(2)6-13(17)22-14(9)10/h4-7H,3H2,1-2H3. The van der Waals surface area contributed by atoms with Crippen molar-refractivity contribution in [3.8, 4) is 0 Å². The van der Waals surface area contributed by atoms with Crippen LogP contribution in [0.3, 0.4) is 0 Å². The molecule has 0 amide bonds. The van der Waals surface area contributed by atoms with Crippen LogP contribution in [0.4, 0.5) is 0 Å². The lowest BCUT2D eigenvalue weighted by molar-refractivity contribution is 0.0522. The number of carbonyl (C=O) groups is 1. The Kier molecular flexibility index (Phi) is 3.29. The summed E-state index contributed by atoms with van der Waals surface area (Å²) >= 11 is 0. The Morgan fingerprint density at radius 3 is 2.64 bits per heavy atom. The van der Waals surface area contributed by atoms with Crippen molar-refractivity contribution in [3.05, 3.63) is 56.2 Å². The fraction of sp³-hybridized carbons (Fsp3) is 0.188. The number of ether oxygens (including phenoxy) is 1. The van der Waals surface area contributed by atoms with Gasteiger partial charge in [0.2, 0.25) is 0 Å². The second-order valence-electron chi connectivity index (χ2n) is 4.77. The maximum atomic E-state index is 11.9. The molecule has 0 atom stereocenters. The maximum absolute atomic E-state index is 11.9. The Hall–Kier alpha value is -2.89. The number of aryl methyl sites for hydroxylation is 1. The summed E-state index contributed by atoms with van der Waals surface area (Å²) in [7, 11) is 0. The smallest absolute Gasteiger partial charge is 0.351 e. The highest BCUT2D eigenvalue weighted by Crippen LogP contribution is 2.26. The SMILES string of the molecule is CCOC(=O)c1cc2c(ccc3c(C)cc(=O)oc32)oc1=O. The molecule has 2 aromatic heterocycles. The molecule has 0 aliphatic heterocycles. The van der Waals surface area contributed by atoms with E-state index in [4.69, 9.17) is 13.6 Å². The van der Waals surface area contributed by atoms with Gasteiger partial charge in [-0.25, -0.2) is 14.4 Å². The van der Waals surface area contributed by atoms with Gasteiger partial charge in [0.1, 0.15) is 16.7 Å². The molecule has 3 rings (SSSR count). The summed E-state index contributed by atoms with van der Waals surface area (Å²) in [6.45, 7) is 3.55. The Labute approximate surface area is 123 Å². The van der Waals surface area contributed by atoms with Crippen LogP contribution >= 0.6 is 0 Å². The fourth-order valence-corrected chi connectivity index (χ4v) is 2.32. The topological polar surface area (TPSA) is 86.7 Å². The Balaban J connectivity index is 2.42. The number of hydrogen-bond acceptors (Lipinski definition) is 6. The molecule has 3 aromatic rings. The lowest BCUT2D eigenvalue weighted by atomic mass is 10.1. The van der Waals surface area contributed by atoms with Gasteiger partial charge in [0.05, 0.1) is 12.0 Å². The lowest BCUT2D eigenvalue weighted by Gasteiger charge is -2.05. The predicted octanol–water partition coefficient (Wildman–Crippen LogP) is 2.38. The minimum absolute atomic E-state index is 0.139. The minimum Gasteiger partial charge on any atom is -0.462 e. The van der Waals surface area contributed by atoms with E-state index in [2.05, 4.69) is 0 Å². The first kappa shape index (κ1) is 14.1. The van der Waals surface area contributed by atoms with E-state index in [0.717, 1.165) is 5.56 Å². The summed E-state index contributed by atoms with van der Waals surface area (Å²) in [5.41, 5.74) is -0.291. The molecular formula is C16H12O6. The van der Waals surface area contributed by atoms with Crippen molar-refractivity contribution >= 4 is 27.9 Å². The lowest BCUT2D eigenvalue weighted by Crippen LogP contribution is -2.16. The van der Waals surface area contributed by atoms with Crippen molar-refractivity contribution in [3.63, 3.8) is 0 Å². The Morgan fingerprint density at radius 1 is 1.14 bits per heavy atom. The molecule has 0 aliphatic carbocycles. The van der Waals surface area contributed by atoms with Crippen LogP contribution in [0.2, 0.25) is 0 Å². The van der Waals surface area contributed by atoms with E-state index in [0.29, 0.717) is 10.8 Å². The number of benzene rings is 1. The largest absolute Gasteiger partial charge is 0.462 e. The van der Waals surface area contributed by atoms with Crippen molar-refractivity contribution in [1.29, 1.82) is 0 Å². The van der Waals surface area contributed by atoms with Crippen LogP contribution in [0.5, 0.6) is 0 Å². The van der Waals surface area contributed by atoms with Crippen LogP contribution in [0.25, 0.3) is 21.9 Å². The third-order valence-electron chi connectivity index (χ3n) is 3.32. The average Bonchev–Trinajstić information content (AvgIpc) is 2.46. The molecule has 0 fully saturated rings. The first-order valence-electron chi connectivity index (χ1n) is 6.69. The Morgan fingerprint density at radius 2 is 1.91 bits per heavy atom. The van der Waals surface area contributed by atoms with E-state index in [9.17, 15) is 14.4 Å². The van der Waals surface area contributed by atoms with E-state index < -0.39 is 17.2 Å². The molecule has 0 radical (unpaired) electrons. The molecule has 6 nitrogen and oxygen atoms in total. The maximum Gasteiger partial charge on any atom is 0.351 e. The summed E-state index contributed by atoms with van der Waals surface area (Å²) in [6.07, 6.45) is 0. The van der Waals surface area contributed by atoms with Gasteiger partial charge in [-0.15, -0.1) is 0 Å². The molecule has 0 N–H and O–H groups in total. The van der Waals surface area contributed by atoms with Gasteiger partial charge in [0.15, 0.2) is 0 Å². The number of esters is 1. The van der Waals surface area contributed by atoms with Crippen LogP contribution < -0.4 is 11.3 Å². The number of carbonyl (C=O) groups excluding carboxylic acids is 1. The van der Waals surface area contributed by atoms with Crippen LogP contribution in [0.1, 0.15) is 22.8 Å². The zero-order valence-corrected chi connectivity index (χ0v) is 12.0. The highest BCUT2D eigenvalue weighted by atomic mass is 16.5. The van der Waals surface area contributed by atoms with E-state index in [1.807, 2.05) is 0 Å². The number of hydrogen-bond donors (Lipinski definition) is 0. The van der Waals surface area contributed by atoms with E-state index in [-0.39, 0.29) is 23.3 Å². The molecular weight excluding hydrogens is 288 g/mol. The Bertz CT molecular complexity index is 1010. The zero-order valence-electron chi connectivity index (χ0n) is 12.0. The van der Waals surface area contributed by atoms with Gasteiger partial charge in [0.25, 0.3) is 0 Å². The van der Waals surface area contributed by atoms with Crippen molar-refractivity contribution in [2.45, 2.75) is 13.8 Å². The highest BCUT2D eigenvalue weighted by molar-refractivity contribution is 6.05. The molecule has 0 saturated heterocycles. The van der Waals surface area contributed by atoms with Crippen LogP contribution in [0, 0.1) is 6.92 Å². The van der Waals surface area contributed by atoms with Gasteiger partial charge in [-0.1, -0.05) is 0 Å². The van der Waals surface area contributed by atoms with Crippen molar-refractivity contribution in [2.75, 3.05) is 6.61 Å². The first-order valence-corrected chi connectivity index (χ1v) is 6.69. The monoisotopic (exact) mass is 300 g/mol. The van der Waals surface area contributed by atoms with Crippen molar-refractivity contribution < 1.29 is 18.4 Å².